The molecule has 0 aliphatic carbocycles. The van der Waals surface area contributed by atoms with E-state index in [0.29, 0.717) is 18.3 Å². The Morgan fingerprint density at radius 3 is 2.72 bits per heavy atom. The number of rotatable bonds is 5. The number of hydrogen-bond donors (Lipinski definition) is 1. The third kappa shape index (κ3) is 4.62. The Balaban J connectivity index is 1.17. The second kappa shape index (κ2) is 9.44. The fourth-order valence-corrected chi connectivity index (χ4v) is 4.70. The summed E-state index contributed by atoms with van der Waals surface area (Å²) in [7, 11) is 0. The van der Waals surface area contributed by atoms with Crippen LogP contribution >= 0.6 is 0 Å². The van der Waals surface area contributed by atoms with Crippen molar-refractivity contribution in [3.63, 3.8) is 0 Å². The summed E-state index contributed by atoms with van der Waals surface area (Å²) in [5.74, 6) is 2.08. The number of aryl methyl sites for hydroxylation is 1. The average Bonchev–Trinajstić information content (AvgIpc) is 2.85. The molecular weight excluding hydrogens is 400 g/mol. The normalized spacial score (nSPS) is 17.1. The number of nitrogens with zero attached hydrogens (tertiary/aromatic N) is 5. The summed E-state index contributed by atoms with van der Waals surface area (Å²) in [6.45, 7) is 3.13. The smallest absolute Gasteiger partial charge is 0.241 e. The Kier molecular flexibility index (Phi) is 6.07. The van der Waals surface area contributed by atoms with Crippen LogP contribution < -0.4 is 10.2 Å². The molecule has 1 amide bonds. The molecule has 2 aromatic heterocycles. The van der Waals surface area contributed by atoms with Gasteiger partial charge in [0, 0.05) is 36.2 Å². The quantitative estimate of drug-likeness (QED) is 0.667. The van der Waals surface area contributed by atoms with Gasteiger partial charge in [0.05, 0.1) is 12.7 Å². The first-order chi connectivity index (χ1) is 15.8. The molecule has 5 rings (SSSR count). The van der Waals surface area contributed by atoms with Gasteiger partial charge in [0.15, 0.2) is 0 Å². The summed E-state index contributed by atoms with van der Waals surface area (Å²) in [5, 5.41) is 3.22. The number of carbonyl (C=O) groups excluding carboxylic acids is 1. The minimum absolute atomic E-state index is 0.212. The fraction of sp³-hybridized carbons (Fsp3) is 0.360. The van der Waals surface area contributed by atoms with Gasteiger partial charge in [-0.1, -0.05) is 24.3 Å². The third-order valence-electron chi connectivity index (χ3n) is 6.37. The van der Waals surface area contributed by atoms with Crippen molar-refractivity contribution < 1.29 is 4.79 Å². The van der Waals surface area contributed by atoms with Gasteiger partial charge >= 0.3 is 0 Å². The molecule has 2 aliphatic rings. The Bertz CT molecular complexity index is 1060. The lowest BCUT2D eigenvalue weighted by molar-refractivity contribution is -0.120. The molecule has 7 heteroatoms. The van der Waals surface area contributed by atoms with Crippen molar-refractivity contribution in [2.45, 2.75) is 31.6 Å². The highest BCUT2D eigenvalue weighted by molar-refractivity contribution is 5.95. The van der Waals surface area contributed by atoms with E-state index in [4.69, 9.17) is 4.98 Å². The van der Waals surface area contributed by atoms with Crippen LogP contribution in [-0.4, -0.2) is 51.9 Å². The number of hydrogen-bond acceptors (Lipinski definition) is 6. The first-order valence-corrected chi connectivity index (χ1v) is 11.4. The molecule has 0 spiro atoms. The van der Waals surface area contributed by atoms with Crippen molar-refractivity contribution in [3.05, 3.63) is 72.3 Å². The molecule has 1 saturated heterocycles. The molecule has 0 atom stereocenters. The molecule has 0 saturated carbocycles. The molecule has 0 unspecified atom stereocenters. The highest BCUT2D eigenvalue weighted by atomic mass is 16.2. The van der Waals surface area contributed by atoms with Crippen molar-refractivity contribution in [2.75, 3.05) is 36.4 Å². The van der Waals surface area contributed by atoms with E-state index in [2.05, 4.69) is 44.5 Å². The zero-order chi connectivity index (χ0) is 21.8. The standard InChI is InChI=1S/C25H28N6O/c32-25(31-14-4-6-20-5-1-2-8-22(20)31)18-30-15-10-19(11-16-30)21-7-3-9-23(28-21)29-24-17-26-12-13-27-24/h1-3,5,7-9,12-13,17,19H,4,6,10-11,14-16,18H2,(H,27,28,29). The van der Waals surface area contributed by atoms with Crippen LogP contribution in [0.3, 0.4) is 0 Å². The van der Waals surface area contributed by atoms with Crippen molar-refractivity contribution in [1.82, 2.24) is 19.9 Å². The second-order valence-corrected chi connectivity index (χ2v) is 8.49. The number of likely N-dealkylation sites (tertiary alicyclic amines) is 1. The van der Waals surface area contributed by atoms with E-state index in [1.54, 1.807) is 18.6 Å². The maximum absolute atomic E-state index is 13.1. The molecule has 1 aromatic carbocycles. The summed E-state index contributed by atoms with van der Waals surface area (Å²) in [6, 6.07) is 14.4. The zero-order valence-electron chi connectivity index (χ0n) is 18.2. The van der Waals surface area contributed by atoms with E-state index < -0.39 is 0 Å². The Hall–Kier alpha value is -3.32. The van der Waals surface area contributed by atoms with E-state index in [-0.39, 0.29) is 5.91 Å². The van der Waals surface area contributed by atoms with Crippen LogP contribution in [0.4, 0.5) is 17.3 Å². The van der Waals surface area contributed by atoms with Crippen molar-refractivity contribution in [1.29, 1.82) is 0 Å². The van der Waals surface area contributed by atoms with Gasteiger partial charge in [-0.25, -0.2) is 9.97 Å². The molecule has 0 bridgehead atoms. The average molecular weight is 429 g/mol. The van der Waals surface area contributed by atoms with Crippen LogP contribution in [0.25, 0.3) is 0 Å². The number of fused-ring (bicyclic) bond motifs is 1. The summed E-state index contributed by atoms with van der Waals surface area (Å²) in [6.07, 6.45) is 9.10. The van der Waals surface area contributed by atoms with Crippen LogP contribution in [-0.2, 0) is 11.2 Å². The number of benzene rings is 1. The van der Waals surface area contributed by atoms with Crippen LogP contribution in [0, 0.1) is 0 Å². The monoisotopic (exact) mass is 428 g/mol. The molecule has 32 heavy (non-hydrogen) atoms. The van der Waals surface area contributed by atoms with E-state index in [1.807, 2.05) is 23.1 Å². The first kappa shape index (κ1) is 20.6. The van der Waals surface area contributed by atoms with Gasteiger partial charge in [-0.3, -0.25) is 14.7 Å². The minimum Gasteiger partial charge on any atom is -0.324 e. The SMILES string of the molecule is O=C(CN1CCC(c2cccc(Nc3cnccn3)n2)CC1)N1CCCc2ccccc21. The summed E-state index contributed by atoms with van der Waals surface area (Å²) in [5.41, 5.74) is 3.47. The van der Waals surface area contributed by atoms with Gasteiger partial charge < -0.3 is 10.2 Å². The van der Waals surface area contributed by atoms with E-state index in [1.165, 1.54) is 5.56 Å². The Morgan fingerprint density at radius 2 is 1.88 bits per heavy atom. The summed E-state index contributed by atoms with van der Waals surface area (Å²) < 4.78 is 0. The molecule has 3 aromatic rings. The predicted octanol–water partition coefficient (Wildman–Crippen LogP) is 3.77. The van der Waals surface area contributed by atoms with Gasteiger partial charge in [-0.15, -0.1) is 0 Å². The largest absolute Gasteiger partial charge is 0.324 e. The van der Waals surface area contributed by atoms with Crippen molar-refractivity contribution >= 4 is 23.2 Å². The molecule has 164 valence electrons. The lowest BCUT2D eigenvalue weighted by Crippen LogP contribution is -2.45. The van der Waals surface area contributed by atoms with E-state index in [0.717, 1.165) is 62.5 Å². The maximum atomic E-state index is 13.1. The number of carbonyl (C=O) groups is 1. The van der Waals surface area contributed by atoms with Gasteiger partial charge in [-0.2, -0.15) is 0 Å². The van der Waals surface area contributed by atoms with Crippen molar-refractivity contribution in [3.8, 4) is 0 Å². The lowest BCUT2D eigenvalue weighted by Gasteiger charge is -2.34. The van der Waals surface area contributed by atoms with Crippen LogP contribution in [0.15, 0.2) is 61.1 Å². The number of piperidine rings is 1. The lowest BCUT2D eigenvalue weighted by atomic mass is 9.93. The second-order valence-electron chi connectivity index (χ2n) is 8.49. The fourth-order valence-electron chi connectivity index (χ4n) is 4.70. The van der Waals surface area contributed by atoms with Gasteiger partial charge in [0.2, 0.25) is 5.91 Å². The highest BCUT2D eigenvalue weighted by Gasteiger charge is 2.27. The molecule has 2 aliphatic heterocycles. The van der Waals surface area contributed by atoms with Crippen molar-refractivity contribution in [2.24, 2.45) is 0 Å². The summed E-state index contributed by atoms with van der Waals surface area (Å²) >= 11 is 0. The molecule has 1 N–H and O–H groups in total. The number of pyridine rings is 1. The number of para-hydroxylation sites is 1. The number of aromatic nitrogens is 3. The van der Waals surface area contributed by atoms with Gasteiger partial charge in [-0.05, 0) is 62.5 Å². The Labute approximate surface area is 188 Å². The molecule has 7 nitrogen and oxygen atoms in total. The van der Waals surface area contributed by atoms with Crippen LogP contribution in [0.1, 0.15) is 36.4 Å². The highest BCUT2D eigenvalue weighted by Crippen LogP contribution is 2.29. The zero-order valence-corrected chi connectivity index (χ0v) is 18.2. The van der Waals surface area contributed by atoms with Gasteiger partial charge in [0.25, 0.3) is 0 Å². The van der Waals surface area contributed by atoms with Crippen LogP contribution in [0.5, 0.6) is 0 Å². The predicted molar refractivity (Wildman–Crippen MR) is 125 cm³/mol. The number of nitrogens with one attached hydrogen (secondary N) is 1. The third-order valence-corrected chi connectivity index (χ3v) is 6.37. The van der Waals surface area contributed by atoms with E-state index >= 15 is 0 Å². The maximum Gasteiger partial charge on any atom is 0.241 e. The topological polar surface area (TPSA) is 74.2 Å². The molecule has 1 fully saturated rings. The minimum atomic E-state index is 0.212. The molecule has 0 radical (unpaired) electrons. The number of anilines is 3. The summed E-state index contributed by atoms with van der Waals surface area (Å²) in [4.78, 5) is 30.5. The molecular formula is C25H28N6O. The number of amides is 1. The first-order valence-electron chi connectivity index (χ1n) is 11.4. The molecule has 4 heterocycles. The van der Waals surface area contributed by atoms with Crippen LogP contribution in [0.2, 0.25) is 0 Å². The van der Waals surface area contributed by atoms with E-state index in [9.17, 15) is 4.79 Å². The Morgan fingerprint density at radius 1 is 1.00 bits per heavy atom. The van der Waals surface area contributed by atoms with Gasteiger partial charge in [0.1, 0.15) is 11.6 Å².